The van der Waals surface area contributed by atoms with E-state index in [-0.39, 0.29) is 0 Å². The molecule has 0 amide bonds. The number of rotatable bonds is 9. The minimum atomic E-state index is 0.582. The number of hydrogen-bond acceptors (Lipinski definition) is 2. The molecule has 0 aromatic heterocycles. The van der Waals surface area contributed by atoms with Gasteiger partial charge in [-0.25, -0.2) is 0 Å². The molecule has 17 heavy (non-hydrogen) atoms. The first-order chi connectivity index (χ1) is 8.23. The monoisotopic (exact) mass is 237 g/mol. The summed E-state index contributed by atoms with van der Waals surface area (Å²) in [6.45, 7) is 8.76. The quantitative estimate of drug-likeness (QED) is 0.376. The average Bonchev–Trinajstić information content (AvgIpc) is 2.34. The molecule has 0 fully saturated rings. The third-order valence-electron chi connectivity index (χ3n) is 2.99. The lowest BCUT2D eigenvalue weighted by atomic mass is 9.88. The van der Waals surface area contributed by atoms with Crippen molar-refractivity contribution in [1.82, 2.24) is 0 Å². The first kappa shape index (κ1) is 16.0. The predicted octanol–water partition coefficient (Wildman–Crippen LogP) is 3.80. The van der Waals surface area contributed by atoms with Crippen LogP contribution in [0.4, 0.5) is 0 Å². The van der Waals surface area contributed by atoms with E-state index in [1.54, 1.807) is 13.2 Å². The van der Waals surface area contributed by atoms with Crippen molar-refractivity contribution in [2.75, 3.05) is 13.7 Å². The molecule has 0 heterocycles. The summed E-state index contributed by atoms with van der Waals surface area (Å²) in [5.74, 6) is 1.55. The van der Waals surface area contributed by atoms with Crippen LogP contribution in [0.3, 0.4) is 0 Å². The Kier molecular flexibility index (Phi) is 9.55. The van der Waals surface area contributed by atoms with Crippen molar-refractivity contribution in [3.63, 3.8) is 0 Å². The van der Waals surface area contributed by atoms with Crippen molar-refractivity contribution in [1.29, 1.82) is 0 Å². The molecule has 0 saturated carbocycles. The highest BCUT2D eigenvalue weighted by Gasteiger charge is 2.13. The molecule has 0 aromatic rings. The molecule has 0 bridgehead atoms. The van der Waals surface area contributed by atoms with Crippen LogP contribution in [-0.2, 0) is 4.74 Å². The van der Waals surface area contributed by atoms with Gasteiger partial charge < -0.3 is 10.5 Å². The highest BCUT2D eigenvalue weighted by atomic mass is 16.5. The van der Waals surface area contributed by atoms with Crippen molar-refractivity contribution >= 4 is 0 Å². The second-order valence-corrected chi connectivity index (χ2v) is 4.18. The van der Waals surface area contributed by atoms with Gasteiger partial charge in [0.2, 0.25) is 0 Å². The molecule has 0 rings (SSSR count). The molecule has 2 N–H and O–H groups in total. The van der Waals surface area contributed by atoms with Gasteiger partial charge in [0.25, 0.3) is 0 Å². The van der Waals surface area contributed by atoms with E-state index in [4.69, 9.17) is 10.5 Å². The average molecular weight is 237 g/mol. The molecule has 0 aliphatic heterocycles. The minimum Gasteiger partial charge on any atom is -0.501 e. The Labute approximate surface area is 106 Å². The van der Waals surface area contributed by atoms with Gasteiger partial charge in [0.15, 0.2) is 0 Å². The summed E-state index contributed by atoms with van der Waals surface area (Å²) in [6.07, 6.45) is 10.2. The van der Waals surface area contributed by atoms with E-state index in [9.17, 15) is 0 Å². The number of allylic oxidation sites excluding steroid dienone is 4. The summed E-state index contributed by atoms with van der Waals surface area (Å²) >= 11 is 0. The smallest absolute Gasteiger partial charge is 0.0995 e. The first-order valence-corrected chi connectivity index (χ1v) is 6.44. The van der Waals surface area contributed by atoms with E-state index >= 15 is 0 Å². The van der Waals surface area contributed by atoms with Crippen LogP contribution in [0.15, 0.2) is 36.1 Å². The zero-order chi connectivity index (χ0) is 13.1. The standard InChI is InChI=1S/C15H27NO/c1-5-8-14(10-11-16)13(7-3)12-15(17-4)9-6-2/h6-7,9,14H,2,5,8,10-12,16H2,1,3-4H3/b13-7+,15-9+. The van der Waals surface area contributed by atoms with E-state index < -0.39 is 0 Å². The van der Waals surface area contributed by atoms with Crippen LogP contribution >= 0.6 is 0 Å². The van der Waals surface area contributed by atoms with Crippen LogP contribution in [0.25, 0.3) is 0 Å². The van der Waals surface area contributed by atoms with Gasteiger partial charge in [-0.3, -0.25) is 0 Å². The number of ether oxygens (including phenoxy) is 1. The fourth-order valence-corrected chi connectivity index (χ4v) is 2.08. The highest BCUT2D eigenvalue weighted by Crippen LogP contribution is 2.26. The summed E-state index contributed by atoms with van der Waals surface area (Å²) in [4.78, 5) is 0. The predicted molar refractivity (Wildman–Crippen MR) is 75.7 cm³/mol. The first-order valence-electron chi connectivity index (χ1n) is 6.44. The summed E-state index contributed by atoms with van der Waals surface area (Å²) < 4.78 is 5.35. The second kappa shape index (κ2) is 10.2. The van der Waals surface area contributed by atoms with Crippen molar-refractivity contribution in [3.05, 3.63) is 36.1 Å². The summed E-state index contributed by atoms with van der Waals surface area (Å²) in [6, 6.07) is 0. The lowest BCUT2D eigenvalue weighted by Crippen LogP contribution is -2.12. The molecule has 1 atom stereocenters. The Morgan fingerprint density at radius 3 is 2.53 bits per heavy atom. The third kappa shape index (κ3) is 6.32. The molecule has 2 nitrogen and oxygen atoms in total. The van der Waals surface area contributed by atoms with Crippen LogP contribution in [-0.4, -0.2) is 13.7 Å². The Morgan fingerprint density at radius 2 is 2.12 bits per heavy atom. The van der Waals surface area contributed by atoms with E-state index in [1.165, 1.54) is 18.4 Å². The molecule has 2 heteroatoms. The normalized spacial score (nSPS) is 14.6. The third-order valence-corrected chi connectivity index (χ3v) is 2.99. The zero-order valence-corrected chi connectivity index (χ0v) is 11.5. The van der Waals surface area contributed by atoms with Gasteiger partial charge in [0, 0.05) is 6.42 Å². The van der Waals surface area contributed by atoms with Gasteiger partial charge >= 0.3 is 0 Å². The summed E-state index contributed by atoms with van der Waals surface area (Å²) in [5, 5.41) is 0. The topological polar surface area (TPSA) is 35.2 Å². The molecular weight excluding hydrogens is 210 g/mol. The maximum absolute atomic E-state index is 5.68. The number of nitrogens with two attached hydrogens (primary N) is 1. The van der Waals surface area contributed by atoms with E-state index in [0.29, 0.717) is 5.92 Å². The number of hydrogen-bond donors (Lipinski definition) is 1. The van der Waals surface area contributed by atoms with Crippen molar-refractivity contribution < 1.29 is 4.74 Å². The van der Waals surface area contributed by atoms with Gasteiger partial charge in [0.05, 0.1) is 12.9 Å². The van der Waals surface area contributed by atoms with Crippen molar-refractivity contribution in [3.8, 4) is 0 Å². The highest BCUT2D eigenvalue weighted by molar-refractivity contribution is 5.17. The van der Waals surface area contributed by atoms with Gasteiger partial charge in [-0.15, -0.1) is 0 Å². The Morgan fingerprint density at radius 1 is 1.41 bits per heavy atom. The van der Waals surface area contributed by atoms with Crippen LogP contribution in [0, 0.1) is 5.92 Å². The van der Waals surface area contributed by atoms with Crippen LogP contribution in [0.5, 0.6) is 0 Å². The fourth-order valence-electron chi connectivity index (χ4n) is 2.08. The van der Waals surface area contributed by atoms with Gasteiger partial charge in [-0.2, -0.15) is 0 Å². The molecule has 98 valence electrons. The Hall–Kier alpha value is -1.02. The van der Waals surface area contributed by atoms with Gasteiger partial charge in [0.1, 0.15) is 0 Å². The molecule has 0 spiro atoms. The van der Waals surface area contributed by atoms with Crippen LogP contribution in [0.1, 0.15) is 39.5 Å². The van der Waals surface area contributed by atoms with E-state index in [2.05, 4.69) is 26.5 Å². The number of methoxy groups -OCH3 is 1. The Bertz CT molecular complexity index is 260. The molecule has 1 unspecified atom stereocenters. The summed E-state index contributed by atoms with van der Waals surface area (Å²) in [5.41, 5.74) is 7.11. The fraction of sp³-hybridized carbons (Fsp3) is 0.600. The van der Waals surface area contributed by atoms with Gasteiger partial charge in [-0.05, 0) is 38.3 Å². The molecular formula is C15H27NO. The maximum Gasteiger partial charge on any atom is 0.0995 e. The molecule has 0 aliphatic carbocycles. The summed E-state index contributed by atoms with van der Waals surface area (Å²) in [7, 11) is 1.71. The van der Waals surface area contributed by atoms with Crippen LogP contribution < -0.4 is 5.73 Å². The lowest BCUT2D eigenvalue weighted by molar-refractivity contribution is 0.279. The lowest BCUT2D eigenvalue weighted by Gasteiger charge is -2.20. The SMILES string of the molecule is C=C/C=C(\C/C(=C\C)C(CCC)CCN)OC. The second-order valence-electron chi connectivity index (χ2n) is 4.18. The van der Waals surface area contributed by atoms with E-state index in [1.807, 2.05) is 6.08 Å². The molecule has 0 saturated heterocycles. The molecule has 0 aliphatic rings. The van der Waals surface area contributed by atoms with Gasteiger partial charge in [-0.1, -0.05) is 37.6 Å². The van der Waals surface area contributed by atoms with E-state index in [0.717, 1.165) is 25.1 Å². The molecule has 0 radical (unpaired) electrons. The maximum atomic E-state index is 5.68. The largest absolute Gasteiger partial charge is 0.501 e. The minimum absolute atomic E-state index is 0.582. The molecule has 0 aromatic carbocycles. The van der Waals surface area contributed by atoms with Crippen LogP contribution in [0.2, 0.25) is 0 Å². The Balaban J connectivity index is 4.67. The van der Waals surface area contributed by atoms with Crippen molar-refractivity contribution in [2.24, 2.45) is 11.7 Å². The zero-order valence-electron chi connectivity index (χ0n) is 11.5. The van der Waals surface area contributed by atoms with Crippen molar-refractivity contribution in [2.45, 2.75) is 39.5 Å².